The third-order valence-electron chi connectivity index (χ3n) is 0.859. The Hall–Kier alpha value is -0.00506. The third-order valence-corrected chi connectivity index (χ3v) is 0.859. The first-order valence-electron chi connectivity index (χ1n) is 2.24. The van der Waals surface area contributed by atoms with Crippen LogP contribution in [0, 0.1) is 0 Å². The van der Waals surface area contributed by atoms with Gasteiger partial charge in [0.1, 0.15) is 0 Å². The Labute approximate surface area is 39.0 Å². The van der Waals surface area contributed by atoms with Crippen molar-refractivity contribution in [2.24, 2.45) is 0 Å². The van der Waals surface area contributed by atoms with Gasteiger partial charge in [-0.1, -0.05) is 20.3 Å². The summed E-state index contributed by atoms with van der Waals surface area (Å²) in [5.74, 6) is 0.144. The van der Waals surface area contributed by atoms with Crippen molar-refractivity contribution in [3.05, 3.63) is 0 Å². The zero-order chi connectivity index (χ0) is 4.99. The van der Waals surface area contributed by atoms with E-state index in [-0.39, 0.29) is 5.82 Å². The van der Waals surface area contributed by atoms with Crippen LogP contribution in [0.2, 0.25) is 5.82 Å². The maximum absolute atomic E-state index is 11.3. The van der Waals surface area contributed by atoms with Crippen molar-refractivity contribution in [2.75, 3.05) is 0 Å². The first kappa shape index (κ1) is 5.99. The molecule has 0 fully saturated rings. The molecule has 0 aromatic rings. The summed E-state index contributed by atoms with van der Waals surface area (Å²) in [6.07, 6.45) is 0.899. The van der Waals surface area contributed by atoms with Crippen LogP contribution in [-0.4, -0.2) is 7.56 Å². The fraction of sp³-hybridized carbons (Fsp3) is 1.00. The molecule has 0 aliphatic heterocycles. The minimum absolute atomic E-state index is 0.144. The molecule has 0 amide bonds. The fourth-order valence-corrected chi connectivity index (χ4v) is 0.0891. The van der Waals surface area contributed by atoms with Crippen molar-refractivity contribution in [3.8, 4) is 0 Å². The average molecular weight is 86.9 g/mol. The summed E-state index contributed by atoms with van der Waals surface area (Å²) in [7, 11) is 0.722. The van der Waals surface area contributed by atoms with E-state index in [1.165, 1.54) is 0 Å². The Bertz CT molecular complexity index is 26.7. The van der Waals surface area contributed by atoms with Crippen LogP contribution < -0.4 is 0 Å². The molecule has 0 bridgehead atoms. The van der Waals surface area contributed by atoms with E-state index < -0.39 is 0 Å². The summed E-state index contributed by atoms with van der Waals surface area (Å²) in [4.78, 5) is 0. The highest BCUT2D eigenvalue weighted by Crippen LogP contribution is 2.04. The molecule has 0 N–H and O–H groups in total. The average Bonchev–Trinajstić information content (AvgIpc) is 1.65. The fourth-order valence-electron chi connectivity index (χ4n) is 0.0891. The lowest BCUT2D eigenvalue weighted by atomic mass is 9.83. The van der Waals surface area contributed by atoms with E-state index in [0.717, 1.165) is 14.0 Å². The van der Waals surface area contributed by atoms with E-state index in [1.54, 1.807) is 0 Å². The molecule has 1 unspecified atom stereocenters. The summed E-state index contributed by atoms with van der Waals surface area (Å²) < 4.78 is 11.3. The second-order valence-corrected chi connectivity index (χ2v) is 1.51. The molecule has 0 aliphatic rings. The van der Waals surface area contributed by atoms with Crippen molar-refractivity contribution in [1.82, 2.24) is 0 Å². The maximum atomic E-state index is 11.3. The summed E-state index contributed by atoms with van der Waals surface area (Å²) in [6, 6.07) is 0. The molecule has 0 heterocycles. The largest absolute Gasteiger partial charge is 0.357 e. The van der Waals surface area contributed by atoms with Crippen LogP contribution in [0.15, 0.2) is 0 Å². The van der Waals surface area contributed by atoms with Gasteiger partial charge in [0, 0.05) is 0 Å². The SMILES string of the molecule is CCC(C)[B]F. The molecular formula is C4H9BF. The highest BCUT2D eigenvalue weighted by molar-refractivity contribution is 6.28. The van der Waals surface area contributed by atoms with Gasteiger partial charge in [0.2, 0.25) is 0 Å². The van der Waals surface area contributed by atoms with Crippen LogP contribution in [0.3, 0.4) is 0 Å². The van der Waals surface area contributed by atoms with Gasteiger partial charge in [-0.25, -0.2) is 0 Å². The third kappa shape index (κ3) is 2.25. The number of halogens is 1. The van der Waals surface area contributed by atoms with Crippen LogP contribution in [0.4, 0.5) is 4.32 Å². The summed E-state index contributed by atoms with van der Waals surface area (Å²) in [5.41, 5.74) is 0. The second kappa shape index (κ2) is 3.20. The van der Waals surface area contributed by atoms with E-state index in [9.17, 15) is 4.32 Å². The highest BCUT2D eigenvalue weighted by atomic mass is 19.1. The van der Waals surface area contributed by atoms with Gasteiger partial charge in [-0.3, -0.25) is 0 Å². The molecule has 0 aliphatic carbocycles. The molecule has 35 valence electrons. The lowest BCUT2D eigenvalue weighted by Gasteiger charge is -1.93. The molecule has 0 aromatic carbocycles. The van der Waals surface area contributed by atoms with Crippen molar-refractivity contribution in [1.29, 1.82) is 0 Å². The van der Waals surface area contributed by atoms with Crippen LogP contribution in [-0.2, 0) is 0 Å². The normalized spacial score (nSPS) is 13.8. The van der Waals surface area contributed by atoms with Crippen LogP contribution >= 0.6 is 0 Å². The monoisotopic (exact) mass is 87.1 g/mol. The van der Waals surface area contributed by atoms with Crippen LogP contribution in [0.1, 0.15) is 20.3 Å². The second-order valence-electron chi connectivity index (χ2n) is 1.51. The maximum Gasteiger partial charge on any atom is 0.357 e. The Balaban J connectivity index is 2.75. The minimum Gasteiger partial charge on any atom is -0.342 e. The zero-order valence-electron chi connectivity index (χ0n) is 4.24. The van der Waals surface area contributed by atoms with Crippen molar-refractivity contribution >= 4 is 7.56 Å². The topological polar surface area (TPSA) is 0 Å². The van der Waals surface area contributed by atoms with E-state index in [1.807, 2.05) is 13.8 Å². The van der Waals surface area contributed by atoms with Gasteiger partial charge in [-0.2, -0.15) is 0 Å². The number of hydrogen-bond donors (Lipinski definition) is 0. The van der Waals surface area contributed by atoms with Gasteiger partial charge in [0.25, 0.3) is 0 Å². The Morgan fingerprint density at radius 3 is 2.33 bits per heavy atom. The van der Waals surface area contributed by atoms with Crippen molar-refractivity contribution in [3.63, 3.8) is 0 Å². The molecule has 0 nitrogen and oxygen atoms in total. The molecule has 0 saturated carbocycles. The smallest absolute Gasteiger partial charge is 0.342 e. The Morgan fingerprint density at radius 1 is 1.83 bits per heavy atom. The first-order chi connectivity index (χ1) is 2.81. The van der Waals surface area contributed by atoms with Gasteiger partial charge in [0.15, 0.2) is 0 Å². The molecule has 2 heteroatoms. The van der Waals surface area contributed by atoms with Gasteiger partial charge >= 0.3 is 7.56 Å². The number of rotatable bonds is 2. The molecule has 0 spiro atoms. The van der Waals surface area contributed by atoms with Crippen LogP contribution in [0.25, 0.3) is 0 Å². The summed E-state index contributed by atoms with van der Waals surface area (Å²) in [5, 5.41) is 0. The molecular weight excluding hydrogens is 77.9 g/mol. The molecule has 6 heavy (non-hydrogen) atoms. The molecule has 1 atom stereocenters. The Kier molecular flexibility index (Phi) is 3.19. The van der Waals surface area contributed by atoms with E-state index in [2.05, 4.69) is 0 Å². The quantitative estimate of drug-likeness (QED) is 0.450. The van der Waals surface area contributed by atoms with Gasteiger partial charge < -0.3 is 4.32 Å². The van der Waals surface area contributed by atoms with Crippen molar-refractivity contribution < 1.29 is 4.32 Å². The summed E-state index contributed by atoms with van der Waals surface area (Å²) >= 11 is 0. The summed E-state index contributed by atoms with van der Waals surface area (Å²) in [6.45, 7) is 3.81. The number of hydrogen-bond acceptors (Lipinski definition) is 0. The lowest BCUT2D eigenvalue weighted by molar-refractivity contribution is 0.768. The van der Waals surface area contributed by atoms with E-state index >= 15 is 0 Å². The molecule has 0 rings (SSSR count). The van der Waals surface area contributed by atoms with E-state index in [4.69, 9.17) is 0 Å². The standard InChI is InChI=1S/C4H9BF/c1-3-4(2)5-6/h4H,3H2,1-2H3. The van der Waals surface area contributed by atoms with E-state index in [0.29, 0.717) is 0 Å². The predicted octanol–water partition coefficient (Wildman–Crippen LogP) is 1.79. The van der Waals surface area contributed by atoms with Gasteiger partial charge in [0.05, 0.1) is 0 Å². The molecule has 1 radical (unpaired) electrons. The molecule has 0 aromatic heterocycles. The van der Waals surface area contributed by atoms with Crippen LogP contribution in [0.5, 0.6) is 0 Å². The highest BCUT2D eigenvalue weighted by Gasteiger charge is 1.97. The minimum atomic E-state index is 0.144. The first-order valence-corrected chi connectivity index (χ1v) is 2.24. The Morgan fingerprint density at radius 2 is 2.33 bits per heavy atom. The van der Waals surface area contributed by atoms with Crippen molar-refractivity contribution in [2.45, 2.75) is 26.1 Å². The lowest BCUT2D eigenvalue weighted by Crippen LogP contribution is -1.88. The predicted molar refractivity (Wildman–Crippen MR) is 26.6 cm³/mol. The molecule has 0 saturated heterocycles. The van der Waals surface area contributed by atoms with Gasteiger partial charge in [-0.05, 0) is 5.82 Å². The zero-order valence-corrected chi connectivity index (χ0v) is 4.24. The van der Waals surface area contributed by atoms with Gasteiger partial charge in [-0.15, -0.1) is 0 Å².